The van der Waals surface area contributed by atoms with Crippen LogP contribution in [0.3, 0.4) is 0 Å². The van der Waals surface area contributed by atoms with Gasteiger partial charge in [0.2, 0.25) is 0 Å². The van der Waals surface area contributed by atoms with E-state index in [9.17, 15) is 31.1 Å². The second kappa shape index (κ2) is 20.8. The van der Waals surface area contributed by atoms with E-state index in [1.165, 1.54) is 24.8 Å². The number of carbonyl (C=O) groups excluding carboxylic acids is 1. The Labute approximate surface area is 381 Å². The summed E-state index contributed by atoms with van der Waals surface area (Å²) in [5.41, 5.74) is 7.31. The Bertz CT molecular complexity index is 2160. The zero-order chi connectivity index (χ0) is 43.4. The van der Waals surface area contributed by atoms with Crippen LogP contribution in [0.4, 0.5) is 72.6 Å². The summed E-state index contributed by atoms with van der Waals surface area (Å²) in [4.78, 5) is 45.8. The largest absolute Gasteiger partial charge is 0.393 e. The molecule has 4 fully saturated rings. The average Bonchev–Trinajstić information content (AvgIpc) is 3.27. The molecule has 5 N–H and O–H groups in total. The number of pyridine rings is 2. The van der Waals surface area contributed by atoms with Crippen LogP contribution in [0, 0.1) is 11.8 Å². The molecule has 0 saturated carbocycles. The summed E-state index contributed by atoms with van der Waals surface area (Å²) in [7, 11) is 0. The highest BCUT2D eigenvalue weighted by atomic mass is 32.1. The predicted octanol–water partition coefficient (Wildman–Crippen LogP) is 6.84. The van der Waals surface area contributed by atoms with Gasteiger partial charge in [-0.05, 0) is 69.6 Å². The van der Waals surface area contributed by atoms with Crippen molar-refractivity contribution in [2.45, 2.75) is 75.8 Å². The molecule has 2 unspecified atom stereocenters. The van der Waals surface area contributed by atoms with Crippen molar-refractivity contribution in [1.82, 2.24) is 29.9 Å². The number of amides is 1. The summed E-state index contributed by atoms with van der Waals surface area (Å²) in [6.07, 6.45) is 6.18. The summed E-state index contributed by atoms with van der Waals surface area (Å²) >= 11 is 0. The van der Waals surface area contributed by atoms with Crippen LogP contribution in [-0.4, -0.2) is 113 Å². The first-order valence-corrected chi connectivity index (χ1v) is 21.1. The number of halogens is 6. The van der Waals surface area contributed by atoms with Gasteiger partial charge in [0.05, 0.1) is 41.2 Å². The van der Waals surface area contributed by atoms with Crippen LogP contribution in [0.1, 0.15) is 61.7 Å². The highest BCUT2D eigenvalue weighted by Crippen LogP contribution is 2.41. The maximum atomic E-state index is 13.4. The molecule has 4 bridgehead atoms. The summed E-state index contributed by atoms with van der Waals surface area (Å²) in [6, 6.07) is 6.27. The highest BCUT2D eigenvalue weighted by molar-refractivity contribution is 7.59. The second-order valence-electron chi connectivity index (χ2n) is 16.5. The molecular formula is C41H54F6N14OS2. The highest BCUT2D eigenvalue weighted by Gasteiger charge is 2.44. The standard InChI is InChI=1S/C21H24F3N7O.C16H21F3N4.C4H5N3.2H2S/c22-21(23,24)13-3-1-8-31(11-13)19-15(20(32)28-17-10-25-5-6-26-17)9-16-18(29-19)27-14-4-2-7-30(16)12-14;17-16(18,19)11-3-1-8-23(9-11)14-6-5-13-15(21-14)20-12-4-2-7-22(13)10-12;5-4-3-6-1-2-7-4;;/h5-6,9-10,13-14H,1-4,7-8,11-12H2,(H,27,29)(H,26,28,32);5-6,11-12H,1-4,7-10H2,(H,20,21);1-3H,(H2,5,7);2*1H2/t13?,14-;11?,12-;;;/m00.../s1. The third-order valence-corrected chi connectivity index (χ3v) is 12.1. The Kier molecular flexibility index (Phi) is 15.7. The lowest BCUT2D eigenvalue weighted by molar-refractivity contribution is -0.176. The van der Waals surface area contributed by atoms with Crippen molar-refractivity contribution in [3.05, 3.63) is 60.9 Å². The predicted molar refractivity (Wildman–Crippen MR) is 245 cm³/mol. The molecule has 64 heavy (non-hydrogen) atoms. The first-order chi connectivity index (χ1) is 29.8. The number of fused-ring (bicyclic) bond motifs is 8. The minimum Gasteiger partial charge on any atom is -0.382 e. The first-order valence-electron chi connectivity index (χ1n) is 21.1. The molecule has 0 radical (unpaired) electrons. The molecule has 23 heteroatoms. The summed E-state index contributed by atoms with van der Waals surface area (Å²) in [5.74, 6) is -0.0465. The van der Waals surface area contributed by atoms with E-state index in [1.807, 2.05) is 12.1 Å². The fraction of sp³-hybridized carbons (Fsp3) is 0.537. The topological polar surface area (TPSA) is 169 Å². The third-order valence-electron chi connectivity index (χ3n) is 12.1. The van der Waals surface area contributed by atoms with Gasteiger partial charge in [-0.2, -0.15) is 53.3 Å². The second-order valence-corrected chi connectivity index (χ2v) is 16.5. The van der Waals surface area contributed by atoms with Crippen LogP contribution in [0.25, 0.3) is 0 Å². The maximum Gasteiger partial charge on any atom is 0.393 e. The lowest BCUT2D eigenvalue weighted by Gasteiger charge is -2.42. The van der Waals surface area contributed by atoms with Crippen molar-refractivity contribution in [2.75, 3.05) is 93.6 Å². The Balaban J connectivity index is 0.000000186. The number of anilines is 8. The van der Waals surface area contributed by atoms with Gasteiger partial charge in [-0.25, -0.2) is 19.9 Å². The normalized spacial score (nSPS) is 22.2. The zero-order valence-corrected chi connectivity index (χ0v) is 37.0. The van der Waals surface area contributed by atoms with E-state index < -0.39 is 30.1 Å². The molecular weight excluding hydrogens is 883 g/mol. The van der Waals surface area contributed by atoms with Crippen LogP contribution in [-0.2, 0) is 0 Å². The molecule has 15 nitrogen and oxygen atoms in total. The summed E-state index contributed by atoms with van der Waals surface area (Å²) < 4.78 is 79.3. The van der Waals surface area contributed by atoms with Crippen molar-refractivity contribution < 1.29 is 31.1 Å². The van der Waals surface area contributed by atoms with E-state index in [-0.39, 0.29) is 76.2 Å². The third kappa shape index (κ3) is 11.5. The lowest BCUT2D eigenvalue weighted by Crippen LogP contribution is -2.47. The minimum atomic E-state index is -4.28. The molecule has 4 atom stereocenters. The number of nitrogen functional groups attached to an aromatic ring is 1. The molecule has 348 valence electrons. The zero-order valence-electron chi connectivity index (χ0n) is 35.0. The minimum absolute atomic E-state index is 0. The van der Waals surface area contributed by atoms with Crippen LogP contribution in [0.15, 0.2) is 55.4 Å². The van der Waals surface area contributed by atoms with Crippen LogP contribution in [0.5, 0.6) is 0 Å². The van der Waals surface area contributed by atoms with Gasteiger partial charge in [-0.1, -0.05) is 0 Å². The Morgan fingerprint density at radius 1 is 0.656 bits per heavy atom. The number of alkyl halides is 6. The van der Waals surface area contributed by atoms with E-state index in [0.29, 0.717) is 49.4 Å². The number of nitrogens with one attached hydrogen (secondary N) is 3. The van der Waals surface area contributed by atoms with E-state index in [2.05, 4.69) is 50.7 Å². The van der Waals surface area contributed by atoms with E-state index in [4.69, 9.17) is 10.7 Å². The average molecular weight is 937 g/mol. The molecule has 1 amide bonds. The lowest BCUT2D eigenvalue weighted by atomic mass is 9.96. The number of aromatic nitrogens is 6. The fourth-order valence-corrected chi connectivity index (χ4v) is 8.99. The van der Waals surface area contributed by atoms with Crippen molar-refractivity contribution >= 4 is 79.2 Å². The van der Waals surface area contributed by atoms with Crippen molar-refractivity contribution in [3.8, 4) is 0 Å². The van der Waals surface area contributed by atoms with E-state index in [1.54, 1.807) is 28.3 Å². The number of nitrogens with two attached hydrogens (primary N) is 1. The van der Waals surface area contributed by atoms with Gasteiger partial charge in [-0.3, -0.25) is 14.8 Å². The molecule has 4 saturated heterocycles. The van der Waals surface area contributed by atoms with Gasteiger partial charge in [-0.15, -0.1) is 0 Å². The maximum absolute atomic E-state index is 13.4. The van der Waals surface area contributed by atoms with Gasteiger partial charge >= 0.3 is 12.4 Å². The van der Waals surface area contributed by atoms with Crippen LogP contribution in [0.2, 0.25) is 0 Å². The molecule has 6 aliphatic heterocycles. The Morgan fingerprint density at radius 3 is 1.77 bits per heavy atom. The fourth-order valence-electron chi connectivity index (χ4n) is 8.99. The number of nitrogens with zero attached hydrogens (tertiary/aromatic N) is 10. The Hall–Kier alpha value is -5.19. The molecule has 4 aromatic heterocycles. The van der Waals surface area contributed by atoms with Crippen LogP contribution < -0.4 is 41.3 Å². The van der Waals surface area contributed by atoms with Crippen LogP contribution >= 0.6 is 27.0 Å². The molecule has 0 spiro atoms. The van der Waals surface area contributed by atoms with Crippen molar-refractivity contribution in [2.24, 2.45) is 11.8 Å². The number of rotatable bonds is 4. The Morgan fingerprint density at radius 2 is 1.20 bits per heavy atom. The number of carbonyl (C=O) groups is 1. The summed E-state index contributed by atoms with van der Waals surface area (Å²) in [5, 5.41) is 9.56. The smallest absolute Gasteiger partial charge is 0.382 e. The van der Waals surface area contributed by atoms with Gasteiger partial charge in [0, 0.05) is 89.2 Å². The number of piperidine rings is 4. The molecule has 6 aliphatic rings. The number of hydrogen-bond acceptors (Lipinski definition) is 14. The summed E-state index contributed by atoms with van der Waals surface area (Å²) in [6.45, 7) is 4.56. The van der Waals surface area contributed by atoms with Gasteiger partial charge in [0.15, 0.2) is 17.5 Å². The van der Waals surface area contributed by atoms with Gasteiger partial charge in [0.25, 0.3) is 5.91 Å². The van der Waals surface area contributed by atoms with E-state index >= 15 is 0 Å². The van der Waals surface area contributed by atoms with Crippen molar-refractivity contribution in [3.63, 3.8) is 0 Å². The first kappa shape index (κ1) is 48.3. The SMILES string of the molecule is FC(F)(F)C1CCCN(c2ccc3c(n2)N[C@H]2CCCN3C2)C1.Nc1cnccn1.O=C(Nc1cnccn1)c1cc2c(nc1N1CCCC(C(F)(F)F)C1)N[C@H]1CCCN2C1.S.S. The quantitative estimate of drug-likeness (QED) is 0.157. The monoisotopic (exact) mass is 936 g/mol. The molecule has 4 aromatic rings. The van der Waals surface area contributed by atoms with Gasteiger partial charge < -0.3 is 41.3 Å². The van der Waals surface area contributed by atoms with Crippen molar-refractivity contribution in [1.29, 1.82) is 0 Å². The molecule has 10 heterocycles. The molecule has 10 rings (SSSR count). The number of hydrogen-bond donors (Lipinski definition) is 4. The van der Waals surface area contributed by atoms with E-state index in [0.717, 1.165) is 69.1 Å². The van der Waals surface area contributed by atoms with Gasteiger partial charge in [0.1, 0.15) is 17.5 Å². The molecule has 0 aromatic carbocycles. The molecule has 0 aliphatic carbocycles.